The van der Waals surface area contributed by atoms with Crippen molar-refractivity contribution in [2.24, 2.45) is 5.41 Å². The molecular weight excluding hydrogens is 207 g/mol. The predicted molar refractivity (Wildman–Crippen MR) is 56.7 cm³/mol. The van der Waals surface area contributed by atoms with Crippen LogP contribution >= 0.6 is 0 Å². The maximum absolute atomic E-state index is 13.9. The third-order valence-corrected chi connectivity index (χ3v) is 4.25. The van der Waals surface area contributed by atoms with Gasteiger partial charge >= 0.3 is 5.97 Å². The Morgan fingerprint density at radius 2 is 2.00 bits per heavy atom. The van der Waals surface area contributed by atoms with E-state index in [0.717, 1.165) is 5.56 Å². The third-order valence-electron chi connectivity index (χ3n) is 4.25. The molecule has 3 heteroatoms. The van der Waals surface area contributed by atoms with Crippen LogP contribution in [-0.4, -0.2) is 11.1 Å². The van der Waals surface area contributed by atoms with E-state index < -0.39 is 11.4 Å². The van der Waals surface area contributed by atoms with E-state index >= 15 is 0 Å². The van der Waals surface area contributed by atoms with Gasteiger partial charge in [0.05, 0.1) is 5.41 Å². The molecule has 0 aromatic heterocycles. The zero-order chi connectivity index (χ0) is 11.6. The number of carbonyl (C=O) groups is 1. The smallest absolute Gasteiger partial charge is 0.309 e. The lowest BCUT2D eigenvalue weighted by molar-refractivity contribution is -0.195. The van der Waals surface area contributed by atoms with Gasteiger partial charge in [0, 0.05) is 5.41 Å². The van der Waals surface area contributed by atoms with E-state index in [9.17, 15) is 9.18 Å². The third kappa shape index (κ3) is 0.938. The Morgan fingerprint density at radius 3 is 2.56 bits per heavy atom. The zero-order valence-corrected chi connectivity index (χ0v) is 9.09. The SMILES string of the molecule is Cc1cccc(C23CC(C(=O)O)(C2)C3)c1F. The lowest BCUT2D eigenvalue weighted by atomic mass is 9.33. The summed E-state index contributed by atoms with van der Waals surface area (Å²) in [6.45, 7) is 1.75. The minimum Gasteiger partial charge on any atom is -0.481 e. The van der Waals surface area contributed by atoms with E-state index in [2.05, 4.69) is 0 Å². The fraction of sp³-hybridized carbons (Fsp3) is 0.462. The summed E-state index contributed by atoms with van der Waals surface area (Å²) < 4.78 is 13.9. The molecule has 0 radical (unpaired) electrons. The van der Waals surface area contributed by atoms with Crippen molar-refractivity contribution in [3.05, 3.63) is 35.1 Å². The molecule has 0 amide bonds. The largest absolute Gasteiger partial charge is 0.481 e. The molecule has 0 atom stereocenters. The molecule has 1 aromatic rings. The second-order valence-electron chi connectivity index (χ2n) is 5.33. The summed E-state index contributed by atoms with van der Waals surface area (Å²) in [6, 6.07) is 5.39. The molecule has 0 heterocycles. The molecule has 0 spiro atoms. The fourth-order valence-electron chi connectivity index (χ4n) is 3.36. The molecule has 3 fully saturated rings. The highest BCUT2D eigenvalue weighted by molar-refractivity contribution is 5.81. The first-order valence-corrected chi connectivity index (χ1v) is 5.48. The monoisotopic (exact) mass is 220 g/mol. The van der Waals surface area contributed by atoms with E-state index in [-0.39, 0.29) is 11.2 Å². The summed E-state index contributed by atoms with van der Waals surface area (Å²) in [4.78, 5) is 11.0. The molecule has 3 aliphatic rings. The van der Waals surface area contributed by atoms with Crippen LogP contribution in [0.5, 0.6) is 0 Å². The van der Waals surface area contributed by atoms with Gasteiger partial charge in [-0.1, -0.05) is 18.2 Å². The van der Waals surface area contributed by atoms with E-state index in [1.807, 2.05) is 6.07 Å². The number of halogens is 1. The van der Waals surface area contributed by atoms with Crippen molar-refractivity contribution >= 4 is 5.97 Å². The Balaban J connectivity index is 1.93. The quantitative estimate of drug-likeness (QED) is 0.831. The van der Waals surface area contributed by atoms with E-state index in [4.69, 9.17) is 5.11 Å². The predicted octanol–water partition coefficient (Wildman–Crippen LogP) is 2.64. The number of aliphatic carboxylic acids is 1. The van der Waals surface area contributed by atoms with E-state index in [1.54, 1.807) is 19.1 Å². The van der Waals surface area contributed by atoms with Gasteiger partial charge < -0.3 is 5.11 Å². The average Bonchev–Trinajstić information content (AvgIpc) is 2.07. The molecule has 1 N–H and O–H groups in total. The number of benzene rings is 1. The Kier molecular flexibility index (Phi) is 1.63. The molecule has 3 aliphatic carbocycles. The Bertz CT molecular complexity index is 473. The molecule has 3 saturated carbocycles. The van der Waals surface area contributed by atoms with Crippen LogP contribution in [0.4, 0.5) is 4.39 Å². The molecule has 2 nitrogen and oxygen atoms in total. The van der Waals surface area contributed by atoms with Crippen LogP contribution in [0.2, 0.25) is 0 Å². The highest BCUT2D eigenvalue weighted by Crippen LogP contribution is 2.73. The van der Waals surface area contributed by atoms with E-state index in [0.29, 0.717) is 24.8 Å². The Hall–Kier alpha value is -1.38. The summed E-state index contributed by atoms with van der Waals surface area (Å²) in [6.07, 6.45) is 1.82. The van der Waals surface area contributed by atoms with Gasteiger partial charge in [0.15, 0.2) is 0 Å². The maximum atomic E-state index is 13.9. The Morgan fingerprint density at radius 1 is 1.38 bits per heavy atom. The topological polar surface area (TPSA) is 37.3 Å². The van der Waals surface area contributed by atoms with Gasteiger partial charge in [-0.2, -0.15) is 0 Å². The van der Waals surface area contributed by atoms with Crippen molar-refractivity contribution in [2.45, 2.75) is 31.6 Å². The zero-order valence-electron chi connectivity index (χ0n) is 9.09. The molecule has 84 valence electrons. The molecule has 0 unspecified atom stereocenters. The number of carboxylic acid groups (broad SMARTS) is 1. The second-order valence-corrected chi connectivity index (χ2v) is 5.33. The summed E-state index contributed by atoms with van der Waals surface area (Å²) in [5.41, 5.74) is 0.659. The second kappa shape index (κ2) is 2.65. The molecule has 4 rings (SSSR count). The summed E-state index contributed by atoms with van der Waals surface area (Å²) in [5, 5.41) is 9.02. The summed E-state index contributed by atoms with van der Waals surface area (Å²) in [7, 11) is 0. The minimum atomic E-state index is -0.720. The average molecular weight is 220 g/mol. The molecule has 0 saturated heterocycles. The fourth-order valence-corrected chi connectivity index (χ4v) is 3.36. The minimum absolute atomic E-state index is 0.152. The van der Waals surface area contributed by atoms with Gasteiger partial charge in [-0.15, -0.1) is 0 Å². The molecule has 1 aromatic carbocycles. The van der Waals surface area contributed by atoms with Crippen molar-refractivity contribution in [1.82, 2.24) is 0 Å². The number of aryl methyl sites for hydroxylation is 1. The first-order chi connectivity index (χ1) is 7.49. The first-order valence-electron chi connectivity index (χ1n) is 5.48. The van der Waals surface area contributed by atoms with Crippen LogP contribution in [-0.2, 0) is 10.2 Å². The first kappa shape index (κ1) is 9.82. The molecular formula is C13H13FO2. The van der Waals surface area contributed by atoms with Gasteiger partial charge in [-0.05, 0) is 37.3 Å². The van der Waals surface area contributed by atoms with Crippen molar-refractivity contribution < 1.29 is 14.3 Å². The van der Waals surface area contributed by atoms with Crippen molar-refractivity contribution in [2.75, 3.05) is 0 Å². The van der Waals surface area contributed by atoms with Crippen molar-refractivity contribution in [1.29, 1.82) is 0 Å². The highest BCUT2D eigenvalue weighted by atomic mass is 19.1. The normalized spacial score (nSPS) is 35.1. The van der Waals surface area contributed by atoms with Crippen molar-refractivity contribution in [3.8, 4) is 0 Å². The maximum Gasteiger partial charge on any atom is 0.309 e. The number of hydrogen-bond acceptors (Lipinski definition) is 1. The van der Waals surface area contributed by atoms with Crippen LogP contribution < -0.4 is 0 Å². The molecule has 0 aliphatic heterocycles. The van der Waals surface area contributed by atoms with Gasteiger partial charge in [-0.25, -0.2) is 4.39 Å². The molecule has 2 bridgehead atoms. The van der Waals surface area contributed by atoms with Gasteiger partial charge in [0.25, 0.3) is 0 Å². The van der Waals surface area contributed by atoms with Crippen LogP contribution in [0.1, 0.15) is 30.4 Å². The van der Waals surface area contributed by atoms with Crippen LogP contribution in [0.25, 0.3) is 0 Å². The lowest BCUT2D eigenvalue weighted by Gasteiger charge is -2.68. The summed E-state index contributed by atoms with van der Waals surface area (Å²) in [5.74, 6) is -0.872. The van der Waals surface area contributed by atoms with Crippen LogP contribution in [0, 0.1) is 18.2 Å². The van der Waals surface area contributed by atoms with Gasteiger partial charge in [-0.3, -0.25) is 4.79 Å². The summed E-state index contributed by atoms with van der Waals surface area (Å²) >= 11 is 0. The van der Waals surface area contributed by atoms with E-state index in [1.165, 1.54) is 0 Å². The Labute approximate surface area is 93.1 Å². The molecule has 16 heavy (non-hydrogen) atoms. The van der Waals surface area contributed by atoms with Crippen LogP contribution in [0.3, 0.4) is 0 Å². The highest BCUT2D eigenvalue weighted by Gasteiger charge is 2.72. The number of rotatable bonds is 2. The number of carboxylic acids is 1. The van der Waals surface area contributed by atoms with Crippen molar-refractivity contribution in [3.63, 3.8) is 0 Å². The van der Waals surface area contributed by atoms with Crippen LogP contribution in [0.15, 0.2) is 18.2 Å². The standard InChI is InChI=1S/C13H13FO2/c1-8-3-2-4-9(10(8)14)12-5-13(6-12,7-12)11(15)16/h2-4H,5-7H2,1H3,(H,15,16). The number of hydrogen-bond donors (Lipinski definition) is 1. The van der Waals surface area contributed by atoms with Gasteiger partial charge in [0.2, 0.25) is 0 Å². The van der Waals surface area contributed by atoms with Gasteiger partial charge in [0.1, 0.15) is 5.82 Å². The lowest BCUT2D eigenvalue weighted by Crippen LogP contribution is -2.68.